The van der Waals surface area contributed by atoms with Gasteiger partial charge >= 0.3 is 0 Å². The molecule has 126 valence electrons. The molecular formula is C17H15BrNO5-. The minimum atomic E-state index is -1.36. The normalized spacial score (nSPS) is 10.1. The summed E-state index contributed by atoms with van der Waals surface area (Å²) in [5.74, 6) is -0.638. The molecule has 0 radical (unpaired) electrons. The first-order valence-electron chi connectivity index (χ1n) is 6.96. The van der Waals surface area contributed by atoms with Crippen molar-refractivity contribution < 1.29 is 24.2 Å². The molecule has 0 spiro atoms. The van der Waals surface area contributed by atoms with Crippen molar-refractivity contribution >= 4 is 33.5 Å². The van der Waals surface area contributed by atoms with Crippen LogP contribution in [0.25, 0.3) is 0 Å². The molecule has 0 unspecified atom stereocenters. The minimum Gasteiger partial charge on any atom is -0.545 e. The van der Waals surface area contributed by atoms with Gasteiger partial charge in [0.2, 0.25) is 5.91 Å². The van der Waals surface area contributed by atoms with E-state index in [0.29, 0.717) is 21.5 Å². The number of benzene rings is 2. The molecule has 2 aromatic rings. The van der Waals surface area contributed by atoms with Crippen LogP contribution in [0.2, 0.25) is 0 Å². The maximum atomic E-state index is 12.2. The summed E-state index contributed by atoms with van der Waals surface area (Å²) >= 11 is 3.18. The number of carboxylic acids is 1. The van der Waals surface area contributed by atoms with Crippen molar-refractivity contribution in [1.29, 1.82) is 0 Å². The van der Waals surface area contributed by atoms with Crippen LogP contribution in [0.4, 0.5) is 5.69 Å². The zero-order valence-electron chi connectivity index (χ0n) is 13.1. The Bertz CT molecular complexity index is 776. The summed E-state index contributed by atoms with van der Waals surface area (Å²) in [7, 11) is 3.04. The largest absolute Gasteiger partial charge is 0.545 e. The van der Waals surface area contributed by atoms with E-state index in [1.165, 1.54) is 26.4 Å². The summed E-state index contributed by atoms with van der Waals surface area (Å²) in [6.07, 6.45) is 0.0584. The number of anilines is 1. The number of carbonyl (C=O) groups is 2. The summed E-state index contributed by atoms with van der Waals surface area (Å²) in [6, 6.07) is 9.65. The highest BCUT2D eigenvalue weighted by atomic mass is 79.9. The number of carbonyl (C=O) groups excluding carboxylic acids is 2. The van der Waals surface area contributed by atoms with Crippen LogP contribution in [0.1, 0.15) is 15.9 Å². The second kappa shape index (κ2) is 7.83. The first-order valence-corrected chi connectivity index (χ1v) is 7.75. The van der Waals surface area contributed by atoms with Gasteiger partial charge < -0.3 is 24.7 Å². The molecule has 24 heavy (non-hydrogen) atoms. The zero-order chi connectivity index (χ0) is 17.7. The summed E-state index contributed by atoms with van der Waals surface area (Å²) in [4.78, 5) is 23.3. The molecule has 0 bridgehead atoms. The van der Waals surface area contributed by atoms with Gasteiger partial charge in [-0.2, -0.15) is 0 Å². The van der Waals surface area contributed by atoms with Crippen LogP contribution < -0.4 is 19.9 Å². The first kappa shape index (κ1) is 17.8. The van der Waals surface area contributed by atoms with Gasteiger partial charge in [-0.15, -0.1) is 0 Å². The van der Waals surface area contributed by atoms with Gasteiger partial charge in [0.15, 0.2) is 11.5 Å². The number of halogens is 1. The molecule has 0 aromatic heterocycles. The fourth-order valence-electron chi connectivity index (χ4n) is 2.16. The maximum Gasteiger partial charge on any atom is 0.228 e. The number of hydrogen-bond donors (Lipinski definition) is 1. The van der Waals surface area contributed by atoms with Crippen LogP contribution >= 0.6 is 15.9 Å². The molecule has 0 saturated carbocycles. The molecule has 1 N–H and O–H groups in total. The quantitative estimate of drug-likeness (QED) is 0.812. The third-order valence-electron chi connectivity index (χ3n) is 3.29. The molecule has 2 rings (SSSR count). The van der Waals surface area contributed by atoms with Crippen molar-refractivity contribution in [3.63, 3.8) is 0 Å². The average molecular weight is 393 g/mol. The Morgan fingerprint density at radius 3 is 2.42 bits per heavy atom. The highest BCUT2D eigenvalue weighted by molar-refractivity contribution is 9.10. The molecule has 7 heteroatoms. The van der Waals surface area contributed by atoms with Crippen molar-refractivity contribution in [3.8, 4) is 11.5 Å². The third-order valence-corrected chi connectivity index (χ3v) is 3.78. The molecule has 2 aromatic carbocycles. The van der Waals surface area contributed by atoms with Crippen molar-refractivity contribution in [2.75, 3.05) is 19.5 Å². The van der Waals surface area contributed by atoms with Gasteiger partial charge in [0.25, 0.3) is 0 Å². The van der Waals surface area contributed by atoms with Gasteiger partial charge in [-0.3, -0.25) is 4.79 Å². The van der Waals surface area contributed by atoms with E-state index in [1.807, 2.05) is 0 Å². The second-order valence-corrected chi connectivity index (χ2v) is 5.81. The minimum absolute atomic E-state index is 0.0584. The van der Waals surface area contributed by atoms with Crippen LogP contribution in [-0.4, -0.2) is 26.1 Å². The predicted octanol–water partition coefficient (Wildman–Crippen LogP) is 2.01. The van der Waals surface area contributed by atoms with Crippen LogP contribution in [-0.2, 0) is 11.2 Å². The Morgan fingerprint density at radius 1 is 1.08 bits per heavy atom. The number of hydrogen-bond acceptors (Lipinski definition) is 5. The molecule has 0 aliphatic carbocycles. The number of aromatic carboxylic acids is 1. The van der Waals surface area contributed by atoms with Gasteiger partial charge in [-0.1, -0.05) is 22.0 Å². The Hall–Kier alpha value is -2.54. The number of nitrogens with one attached hydrogen (secondary N) is 1. The topological polar surface area (TPSA) is 87.7 Å². The molecule has 0 atom stereocenters. The van der Waals surface area contributed by atoms with E-state index in [0.717, 1.165) is 0 Å². The van der Waals surface area contributed by atoms with Crippen LogP contribution in [0, 0.1) is 0 Å². The second-order valence-electron chi connectivity index (χ2n) is 4.89. The van der Waals surface area contributed by atoms with E-state index in [1.54, 1.807) is 24.3 Å². The lowest BCUT2D eigenvalue weighted by atomic mass is 10.1. The van der Waals surface area contributed by atoms with Crippen LogP contribution in [0.3, 0.4) is 0 Å². The zero-order valence-corrected chi connectivity index (χ0v) is 14.7. The van der Waals surface area contributed by atoms with Gasteiger partial charge in [-0.25, -0.2) is 0 Å². The molecular weight excluding hydrogens is 378 g/mol. The highest BCUT2D eigenvalue weighted by Gasteiger charge is 2.11. The van der Waals surface area contributed by atoms with Crippen LogP contribution in [0.15, 0.2) is 40.9 Å². The predicted molar refractivity (Wildman–Crippen MR) is 90.4 cm³/mol. The van der Waals surface area contributed by atoms with Gasteiger partial charge in [0, 0.05) is 15.7 Å². The van der Waals surface area contributed by atoms with Crippen molar-refractivity contribution in [1.82, 2.24) is 0 Å². The number of methoxy groups -OCH3 is 2. The Balaban J connectivity index is 2.16. The molecule has 1 amide bonds. The molecule has 0 aliphatic heterocycles. The fraction of sp³-hybridized carbons (Fsp3) is 0.176. The van der Waals surface area contributed by atoms with E-state index in [9.17, 15) is 14.7 Å². The van der Waals surface area contributed by atoms with Crippen molar-refractivity contribution in [3.05, 3.63) is 52.0 Å². The standard InChI is InChI=1S/C17H16BrNO5/c1-23-14-6-3-10(7-15(14)24-2)8-16(20)19-13-5-4-11(18)9-12(13)17(21)22/h3-7,9H,8H2,1-2H3,(H,19,20)(H,21,22)/p-1. The summed E-state index contributed by atoms with van der Waals surface area (Å²) in [6.45, 7) is 0. The van der Waals surface area contributed by atoms with Crippen molar-refractivity contribution in [2.45, 2.75) is 6.42 Å². The Kier molecular flexibility index (Phi) is 5.81. The van der Waals surface area contributed by atoms with E-state index in [-0.39, 0.29) is 23.6 Å². The lowest BCUT2D eigenvalue weighted by Gasteiger charge is -2.13. The number of amides is 1. The Morgan fingerprint density at radius 2 is 1.79 bits per heavy atom. The van der Waals surface area contributed by atoms with Crippen LogP contribution in [0.5, 0.6) is 11.5 Å². The molecule has 0 saturated heterocycles. The number of rotatable bonds is 6. The SMILES string of the molecule is COc1ccc(CC(=O)Nc2ccc(Br)cc2C(=O)[O-])cc1OC. The molecule has 0 fully saturated rings. The van der Waals surface area contributed by atoms with Gasteiger partial charge in [0.05, 0.1) is 26.6 Å². The average Bonchev–Trinajstić information content (AvgIpc) is 2.56. The van der Waals surface area contributed by atoms with E-state index in [4.69, 9.17) is 9.47 Å². The van der Waals surface area contributed by atoms with E-state index >= 15 is 0 Å². The summed E-state index contributed by atoms with van der Waals surface area (Å²) in [5, 5.41) is 13.7. The van der Waals surface area contributed by atoms with E-state index < -0.39 is 5.97 Å². The smallest absolute Gasteiger partial charge is 0.228 e. The lowest BCUT2D eigenvalue weighted by molar-refractivity contribution is -0.254. The molecule has 0 aliphatic rings. The number of carboxylic acid groups (broad SMARTS) is 1. The molecule has 6 nitrogen and oxygen atoms in total. The maximum absolute atomic E-state index is 12.2. The molecule has 0 heterocycles. The van der Waals surface area contributed by atoms with Crippen molar-refractivity contribution in [2.24, 2.45) is 0 Å². The summed E-state index contributed by atoms with van der Waals surface area (Å²) < 4.78 is 10.9. The van der Waals surface area contributed by atoms with Gasteiger partial charge in [0.1, 0.15) is 0 Å². The highest BCUT2D eigenvalue weighted by Crippen LogP contribution is 2.28. The first-order chi connectivity index (χ1) is 11.4. The number of ether oxygens (including phenoxy) is 2. The lowest BCUT2D eigenvalue weighted by Crippen LogP contribution is -2.25. The monoisotopic (exact) mass is 392 g/mol. The third kappa shape index (κ3) is 4.26. The van der Waals surface area contributed by atoms with Gasteiger partial charge in [-0.05, 0) is 35.9 Å². The van der Waals surface area contributed by atoms with E-state index in [2.05, 4.69) is 21.2 Å². The summed E-state index contributed by atoms with van der Waals surface area (Å²) in [5.41, 5.74) is 0.797. The Labute approximate surface area is 147 Å². The fourth-order valence-corrected chi connectivity index (χ4v) is 2.53.